The molecule has 0 bridgehead atoms. The van der Waals surface area contributed by atoms with Crippen molar-refractivity contribution in [3.05, 3.63) is 10.6 Å². The summed E-state index contributed by atoms with van der Waals surface area (Å²) in [4.78, 5) is 32.1. The number of aromatic nitrogens is 1. The van der Waals surface area contributed by atoms with E-state index in [2.05, 4.69) is 17.2 Å². The maximum Gasteiger partial charge on any atom is 0.231 e. The number of carbonyl (C=O) groups excluding carboxylic acids is 2. The molecule has 1 N–H and O–H groups in total. The number of hydrogen-bond donors (Lipinski definition) is 1. The van der Waals surface area contributed by atoms with E-state index in [1.807, 2.05) is 11.8 Å². The summed E-state index contributed by atoms with van der Waals surface area (Å²) in [6.07, 6.45) is 4.68. The molecular weight excluding hydrogens is 298 g/mol. The van der Waals surface area contributed by atoms with Crippen molar-refractivity contribution in [2.24, 2.45) is 11.8 Å². The molecule has 2 aliphatic rings. The Kier molecular flexibility index (Phi) is 4.47. The largest absolute Gasteiger partial charge is 0.342 e. The van der Waals surface area contributed by atoms with Crippen LogP contribution < -0.4 is 5.32 Å². The van der Waals surface area contributed by atoms with Crippen LogP contribution in [0.15, 0.2) is 0 Å². The first kappa shape index (κ1) is 15.5. The van der Waals surface area contributed by atoms with Gasteiger partial charge >= 0.3 is 0 Å². The average molecular weight is 321 g/mol. The fraction of sp³-hybridized carbons (Fsp3) is 0.688. The predicted octanol–water partition coefficient (Wildman–Crippen LogP) is 2.60. The van der Waals surface area contributed by atoms with Gasteiger partial charge in [0.1, 0.15) is 0 Å². The molecule has 1 saturated heterocycles. The number of rotatable bonds is 4. The average Bonchev–Trinajstić information content (AvgIpc) is 3.31. The lowest BCUT2D eigenvalue weighted by Crippen LogP contribution is -2.44. The fourth-order valence-electron chi connectivity index (χ4n) is 3.00. The van der Waals surface area contributed by atoms with Crippen molar-refractivity contribution in [1.82, 2.24) is 9.88 Å². The number of amides is 2. The topological polar surface area (TPSA) is 62.3 Å². The highest BCUT2D eigenvalue weighted by atomic mass is 32.1. The van der Waals surface area contributed by atoms with Crippen LogP contribution in [0, 0.1) is 18.8 Å². The number of aryl methyl sites for hydroxylation is 2. The minimum absolute atomic E-state index is 0.00435. The lowest BCUT2D eigenvalue weighted by atomic mass is 9.97. The second-order valence-corrected chi connectivity index (χ2v) is 7.47. The Morgan fingerprint density at radius 3 is 2.73 bits per heavy atom. The smallest absolute Gasteiger partial charge is 0.231 e. The second-order valence-electron chi connectivity index (χ2n) is 6.26. The normalized spacial score (nSPS) is 21.7. The van der Waals surface area contributed by atoms with Crippen LogP contribution in [0.25, 0.3) is 0 Å². The molecule has 2 heterocycles. The SMILES string of the molecule is CCc1nc(NC(=O)C2CCCN(C(=O)C3CC3)C2)sc1C. The molecule has 0 radical (unpaired) electrons. The van der Waals surface area contributed by atoms with Crippen LogP contribution in [-0.2, 0) is 16.0 Å². The van der Waals surface area contributed by atoms with Gasteiger partial charge < -0.3 is 10.2 Å². The summed E-state index contributed by atoms with van der Waals surface area (Å²) in [6.45, 7) is 5.46. The van der Waals surface area contributed by atoms with Crippen LogP contribution in [0.2, 0.25) is 0 Å². The Balaban J connectivity index is 1.60. The maximum absolute atomic E-state index is 12.4. The molecule has 2 amide bonds. The molecule has 1 saturated carbocycles. The van der Waals surface area contributed by atoms with E-state index >= 15 is 0 Å². The Morgan fingerprint density at radius 2 is 2.09 bits per heavy atom. The van der Waals surface area contributed by atoms with Crippen molar-refractivity contribution in [3.8, 4) is 0 Å². The number of nitrogens with one attached hydrogen (secondary N) is 1. The monoisotopic (exact) mass is 321 g/mol. The highest BCUT2D eigenvalue weighted by molar-refractivity contribution is 7.15. The van der Waals surface area contributed by atoms with Gasteiger partial charge in [-0.15, -0.1) is 11.3 Å². The van der Waals surface area contributed by atoms with Gasteiger partial charge in [0.15, 0.2) is 5.13 Å². The molecule has 1 unspecified atom stereocenters. The molecule has 1 atom stereocenters. The van der Waals surface area contributed by atoms with Crippen molar-refractivity contribution < 1.29 is 9.59 Å². The molecule has 120 valence electrons. The van der Waals surface area contributed by atoms with Crippen LogP contribution in [0.1, 0.15) is 43.2 Å². The first-order valence-electron chi connectivity index (χ1n) is 8.14. The van der Waals surface area contributed by atoms with Gasteiger partial charge in [-0.3, -0.25) is 9.59 Å². The van der Waals surface area contributed by atoms with E-state index in [-0.39, 0.29) is 23.7 Å². The molecule has 2 fully saturated rings. The van der Waals surface area contributed by atoms with Gasteiger partial charge in [-0.05, 0) is 39.0 Å². The van der Waals surface area contributed by atoms with Crippen LogP contribution >= 0.6 is 11.3 Å². The summed E-state index contributed by atoms with van der Waals surface area (Å²) in [5, 5.41) is 3.63. The standard InChI is InChI=1S/C16H23N3O2S/c1-3-13-10(2)22-16(17-13)18-14(20)12-5-4-8-19(9-12)15(21)11-6-7-11/h11-12H,3-9H2,1-2H3,(H,17,18,20). The van der Waals surface area contributed by atoms with E-state index in [0.29, 0.717) is 11.7 Å². The number of likely N-dealkylation sites (tertiary alicyclic amines) is 1. The zero-order valence-electron chi connectivity index (χ0n) is 13.2. The third-order valence-corrected chi connectivity index (χ3v) is 5.42. The molecule has 5 nitrogen and oxygen atoms in total. The molecule has 6 heteroatoms. The maximum atomic E-state index is 12.4. The van der Waals surface area contributed by atoms with Gasteiger partial charge in [0.25, 0.3) is 0 Å². The molecule has 0 aromatic carbocycles. The summed E-state index contributed by atoms with van der Waals surface area (Å²) < 4.78 is 0. The zero-order chi connectivity index (χ0) is 15.7. The molecule has 22 heavy (non-hydrogen) atoms. The fourth-order valence-corrected chi connectivity index (χ4v) is 3.90. The van der Waals surface area contributed by atoms with E-state index in [9.17, 15) is 9.59 Å². The van der Waals surface area contributed by atoms with Crippen LogP contribution in [0.4, 0.5) is 5.13 Å². The minimum Gasteiger partial charge on any atom is -0.342 e. The summed E-state index contributed by atoms with van der Waals surface area (Å²) in [7, 11) is 0. The van der Waals surface area contributed by atoms with Crippen molar-refractivity contribution in [2.45, 2.75) is 46.0 Å². The van der Waals surface area contributed by atoms with Gasteiger partial charge in [-0.25, -0.2) is 4.98 Å². The van der Waals surface area contributed by atoms with E-state index in [1.165, 1.54) is 11.3 Å². The second kappa shape index (κ2) is 6.36. The Morgan fingerprint density at radius 1 is 1.32 bits per heavy atom. The number of nitrogens with zero attached hydrogens (tertiary/aromatic N) is 2. The van der Waals surface area contributed by atoms with Crippen LogP contribution in [0.5, 0.6) is 0 Å². The van der Waals surface area contributed by atoms with E-state index < -0.39 is 0 Å². The van der Waals surface area contributed by atoms with E-state index in [4.69, 9.17) is 0 Å². The Hall–Kier alpha value is -1.43. The Bertz CT molecular complexity index is 580. The molecular formula is C16H23N3O2S. The number of thiazole rings is 1. The number of hydrogen-bond acceptors (Lipinski definition) is 4. The van der Waals surface area contributed by atoms with Gasteiger partial charge in [-0.1, -0.05) is 6.92 Å². The van der Waals surface area contributed by atoms with E-state index in [1.54, 1.807) is 0 Å². The van der Waals surface area contributed by atoms with Crippen molar-refractivity contribution >= 4 is 28.3 Å². The summed E-state index contributed by atoms with van der Waals surface area (Å²) in [6, 6.07) is 0. The molecule has 1 aromatic heterocycles. The first-order valence-corrected chi connectivity index (χ1v) is 8.96. The number of piperidine rings is 1. The summed E-state index contributed by atoms with van der Waals surface area (Å²) >= 11 is 1.53. The molecule has 1 aliphatic heterocycles. The van der Waals surface area contributed by atoms with Crippen molar-refractivity contribution in [3.63, 3.8) is 0 Å². The molecule has 1 aliphatic carbocycles. The molecule has 3 rings (SSSR count). The van der Waals surface area contributed by atoms with Crippen molar-refractivity contribution in [1.29, 1.82) is 0 Å². The van der Waals surface area contributed by atoms with E-state index in [0.717, 1.165) is 49.2 Å². The lowest BCUT2D eigenvalue weighted by molar-refractivity contribution is -0.135. The highest BCUT2D eigenvalue weighted by Crippen LogP contribution is 2.32. The van der Waals surface area contributed by atoms with Gasteiger partial charge in [0.2, 0.25) is 11.8 Å². The van der Waals surface area contributed by atoms with Crippen molar-refractivity contribution in [2.75, 3.05) is 18.4 Å². The number of anilines is 1. The minimum atomic E-state index is -0.106. The number of carbonyl (C=O) groups is 2. The third kappa shape index (κ3) is 3.32. The first-order chi connectivity index (χ1) is 10.6. The van der Waals surface area contributed by atoms with Gasteiger partial charge in [0.05, 0.1) is 11.6 Å². The van der Waals surface area contributed by atoms with Crippen LogP contribution in [0.3, 0.4) is 0 Å². The quantitative estimate of drug-likeness (QED) is 0.927. The summed E-state index contributed by atoms with van der Waals surface area (Å²) in [5.41, 5.74) is 1.05. The zero-order valence-corrected chi connectivity index (χ0v) is 14.0. The van der Waals surface area contributed by atoms with Crippen LogP contribution in [-0.4, -0.2) is 34.8 Å². The third-order valence-electron chi connectivity index (χ3n) is 4.49. The summed E-state index contributed by atoms with van der Waals surface area (Å²) in [5.74, 6) is 0.377. The lowest BCUT2D eigenvalue weighted by Gasteiger charge is -2.32. The highest BCUT2D eigenvalue weighted by Gasteiger charge is 2.36. The van der Waals surface area contributed by atoms with Gasteiger partial charge in [0, 0.05) is 23.9 Å². The van der Waals surface area contributed by atoms with Gasteiger partial charge in [-0.2, -0.15) is 0 Å². The molecule has 0 spiro atoms. The Labute approximate surface area is 135 Å². The predicted molar refractivity (Wildman–Crippen MR) is 86.9 cm³/mol. The molecule has 1 aromatic rings.